The number of pyridine rings is 1. The van der Waals surface area contributed by atoms with Crippen LogP contribution in [0.2, 0.25) is 0 Å². The number of nitrogens with zero attached hydrogens (tertiary/aromatic N) is 1. The zero-order chi connectivity index (χ0) is 11.8. The first-order valence-electron chi connectivity index (χ1n) is 5.53. The predicted molar refractivity (Wildman–Crippen MR) is 62.9 cm³/mol. The Kier molecular flexibility index (Phi) is 2.68. The zero-order valence-corrected chi connectivity index (χ0v) is 9.66. The summed E-state index contributed by atoms with van der Waals surface area (Å²) in [4.78, 5) is 16.0. The maximum absolute atomic E-state index is 12.0. The first-order valence-corrected chi connectivity index (χ1v) is 5.53. The Morgan fingerprint density at radius 2 is 2.31 bits per heavy atom. The highest BCUT2D eigenvalue weighted by Gasteiger charge is 2.44. The van der Waals surface area contributed by atoms with E-state index in [-0.39, 0.29) is 5.91 Å². The summed E-state index contributed by atoms with van der Waals surface area (Å²) in [6, 6.07) is 1.86. The second kappa shape index (κ2) is 3.87. The summed E-state index contributed by atoms with van der Waals surface area (Å²) in [5.41, 5.74) is 7.01. The second-order valence-corrected chi connectivity index (χ2v) is 4.70. The molecule has 1 aromatic heterocycles. The van der Waals surface area contributed by atoms with E-state index in [4.69, 9.17) is 5.73 Å². The topological polar surface area (TPSA) is 68.0 Å². The third-order valence-electron chi connectivity index (χ3n) is 3.20. The number of rotatable bonds is 3. The molecule has 16 heavy (non-hydrogen) atoms. The molecule has 1 aromatic rings. The van der Waals surface area contributed by atoms with Gasteiger partial charge < -0.3 is 11.1 Å². The molecular weight excluding hydrogens is 202 g/mol. The number of hydrogen-bond donors (Lipinski definition) is 2. The molecule has 0 aliphatic heterocycles. The fourth-order valence-electron chi connectivity index (χ4n) is 1.72. The summed E-state index contributed by atoms with van der Waals surface area (Å²) in [6.45, 7) is 3.73. The molecule has 1 aliphatic carbocycles. The summed E-state index contributed by atoms with van der Waals surface area (Å²) in [5.74, 6) is 0.204. The van der Waals surface area contributed by atoms with E-state index in [0.717, 1.165) is 24.1 Å². The molecule has 1 fully saturated rings. The predicted octanol–water partition coefficient (Wildman–Crippen LogP) is 1.46. The average Bonchev–Trinajstić information content (AvgIpc) is 3.04. The Hall–Kier alpha value is -1.42. The molecule has 4 heteroatoms. The number of amides is 1. The highest BCUT2D eigenvalue weighted by Crippen LogP contribution is 2.38. The van der Waals surface area contributed by atoms with Crippen LogP contribution in [0.4, 0.5) is 5.69 Å². The first kappa shape index (κ1) is 11.1. The van der Waals surface area contributed by atoms with Crippen LogP contribution < -0.4 is 11.1 Å². The van der Waals surface area contributed by atoms with Crippen molar-refractivity contribution >= 4 is 11.6 Å². The van der Waals surface area contributed by atoms with Crippen molar-refractivity contribution in [2.24, 2.45) is 11.7 Å². The minimum atomic E-state index is -0.762. The van der Waals surface area contributed by atoms with Crippen molar-refractivity contribution in [3.8, 4) is 0 Å². The summed E-state index contributed by atoms with van der Waals surface area (Å²) in [5, 5.41) is 2.85. The lowest BCUT2D eigenvalue weighted by Gasteiger charge is -2.23. The van der Waals surface area contributed by atoms with E-state index in [9.17, 15) is 4.79 Å². The van der Waals surface area contributed by atoms with Gasteiger partial charge >= 0.3 is 0 Å². The number of aryl methyl sites for hydroxylation is 1. The molecule has 1 unspecified atom stereocenters. The summed E-state index contributed by atoms with van der Waals surface area (Å²) >= 11 is 0. The Morgan fingerprint density at radius 1 is 1.62 bits per heavy atom. The molecule has 86 valence electrons. The third-order valence-corrected chi connectivity index (χ3v) is 3.20. The SMILES string of the molecule is Cc1ccncc1NC(=O)C(C)(N)C1CC1. The molecular formula is C12H17N3O. The number of anilines is 1. The lowest BCUT2D eigenvalue weighted by atomic mass is 9.96. The molecule has 3 N–H and O–H groups in total. The molecule has 0 saturated heterocycles. The summed E-state index contributed by atoms with van der Waals surface area (Å²) < 4.78 is 0. The molecule has 1 aliphatic rings. The Bertz CT molecular complexity index is 410. The van der Waals surface area contributed by atoms with Gasteiger partial charge in [-0.3, -0.25) is 9.78 Å². The van der Waals surface area contributed by atoms with Crippen LogP contribution in [-0.4, -0.2) is 16.4 Å². The minimum absolute atomic E-state index is 0.119. The normalized spacial score (nSPS) is 18.9. The number of hydrogen-bond acceptors (Lipinski definition) is 3. The van der Waals surface area contributed by atoms with Crippen molar-refractivity contribution in [3.63, 3.8) is 0 Å². The van der Waals surface area contributed by atoms with Gasteiger partial charge in [-0.1, -0.05) is 0 Å². The van der Waals surface area contributed by atoms with Crippen molar-refractivity contribution in [2.45, 2.75) is 32.2 Å². The maximum Gasteiger partial charge on any atom is 0.244 e. The minimum Gasteiger partial charge on any atom is -0.323 e. The number of nitrogens with one attached hydrogen (secondary N) is 1. The molecule has 1 amide bonds. The Balaban J connectivity index is 2.10. The van der Waals surface area contributed by atoms with Crippen LogP contribution in [0.1, 0.15) is 25.3 Å². The summed E-state index contributed by atoms with van der Waals surface area (Å²) in [6.07, 6.45) is 5.45. The van der Waals surface area contributed by atoms with E-state index in [1.807, 2.05) is 13.0 Å². The van der Waals surface area contributed by atoms with Crippen LogP contribution in [0.3, 0.4) is 0 Å². The Morgan fingerprint density at radius 3 is 2.88 bits per heavy atom. The molecule has 1 heterocycles. The number of carbonyl (C=O) groups excluding carboxylic acids is 1. The fraction of sp³-hybridized carbons (Fsp3) is 0.500. The van der Waals surface area contributed by atoms with Gasteiger partial charge in [-0.15, -0.1) is 0 Å². The molecule has 1 saturated carbocycles. The smallest absolute Gasteiger partial charge is 0.244 e. The van der Waals surface area contributed by atoms with Gasteiger partial charge in [0.2, 0.25) is 5.91 Å². The largest absolute Gasteiger partial charge is 0.323 e. The number of nitrogens with two attached hydrogens (primary N) is 1. The molecule has 2 rings (SSSR count). The van der Waals surface area contributed by atoms with Gasteiger partial charge in [-0.05, 0) is 44.2 Å². The molecule has 1 atom stereocenters. The third kappa shape index (κ3) is 2.07. The van der Waals surface area contributed by atoms with Crippen LogP contribution in [-0.2, 0) is 4.79 Å². The highest BCUT2D eigenvalue weighted by atomic mass is 16.2. The van der Waals surface area contributed by atoms with E-state index in [1.54, 1.807) is 19.3 Å². The van der Waals surface area contributed by atoms with Gasteiger partial charge in [0.15, 0.2) is 0 Å². The van der Waals surface area contributed by atoms with Crippen molar-refractivity contribution in [1.82, 2.24) is 4.98 Å². The molecule has 0 bridgehead atoms. The average molecular weight is 219 g/mol. The van der Waals surface area contributed by atoms with Gasteiger partial charge in [0.25, 0.3) is 0 Å². The standard InChI is InChI=1S/C12H17N3O/c1-8-5-6-14-7-10(8)15-11(16)12(2,13)9-3-4-9/h5-7,9H,3-4,13H2,1-2H3,(H,15,16). The summed E-state index contributed by atoms with van der Waals surface area (Å²) in [7, 11) is 0. The van der Waals surface area contributed by atoms with Crippen molar-refractivity contribution in [3.05, 3.63) is 24.0 Å². The van der Waals surface area contributed by atoms with Gasteiger partial charge in [0.1, 0.15) is 0 Å². The number of carbonyl (C=O) groups is 1. The van der Waals surface area contributed by atoms with Gasteiger partial charge in [-0.2, -0.15) is 0 Å². The molecule has 0 aromatic carbocycles. The van der Waals surface area contributed by atoms with E-state index >= 15 is 0 Å². The van der Waals surface area contributed by atoms with Crippen molar-refractivity contribution < 1.29 is 4.79 Å². The van der Waals surface area contributed by atoms with Crippen LogP contribution >= 0.6 is 0 Å². The Labute approximate surface area is 95.3 Å². The zero-order valence-electron chi connectivity index (χ0n) is 9.66. The highest BCUT2D eigenvalue weighted by molar-refractivity contribution is 5.98. The number of aromatic nitrogens is 1. The van der Waals surface area contributed by atoms with E-state index < -0.39 is 5.54 Å². The van der Waals surface area contributed by atoms with Crippen molar-refractivity contribution in [2.75, 3.05) is 5.32 Å². The fourth-order valence-corrected chi connectivity index (χ4v) is 1.72. The first-order chi connectivity index (χ1) is 7.51. The monoisotopic (exact) mass is 219 g/mol. The van der Waals surface area contributed by atoms with Crippen LogP contribution in [0, 0.1) is 12.8 Å². The lowest BCUT2D eigenvalue weighted by molar-refractivity contribution is -0.121. The molecule has 4 nitrogen and oxygen atoms in total. The molecule has 0 spiro atoms. The lowest BCUT2D eigenvalue weighted by Crippen LogP contribution is -2.50. The van der Waals surface area contributed by atoms with E-state index in [2.05, 4.69) is 10.3 Å². The second-order valence-electron chi connectivity index (χ2n) is 4.70. The van der Waals surface area contributed by atoms with Crippen molar-refractivity contribution in [1.29, 1.82) is 0 Å². The van der Waals surface area contributed by atoms with Gasteiger partial charge in [-0.25, -0.2) is 0 Å². The van der Waals surface area contributed by atoms with Crippen LogP contribution in [0.25, 0.3) is 0 Å². The van der Waals surface area contributed by atoms with E-state index in [1.165, 1.54) is 0 Å². The van der Waals surface area contributed by atoms with Crippen LogP contribution in [0.15, 0.2) is 18.5 Å². The van der Waals surface area contributed by atoms with Gasteiger partial charge in [0, 0.05) is 6.20 Å². The molecule has 0 radical (unpaired) electrons. The van der Waals surface area contributed by atoms with Gasteiger partial charge in [0.05, 0.1) is 17.4 Å². The maximum atomic E-state index is 12.0. The van der Waals surface area contributed by atoms with Crippen LogP contribution in [0.5, 0.6) is 0 Å². The quantitative estimate of drug-likeness (QED) is 0.808. The van der Waals surface area contributed by atoms with E-state index in [0.29, 0.717) is 5.92 Å².